The number of nitrogens with one attached hydrogen (secondary N) is 1. The van der Waals surface area contributed by atoms with Crippen LogP contribution in [0.3, 0.4) is 0 Å². The smallest absolute Gasteiger partial charge is 0.209 e. The lowest BCUT2D eigenvalue weighted by Gasteiger charge is -2.34. The van der Waals surface area contributed by atoms with Crippen LogP contribution in [0.2, 0.25) is 0 Å². The van der Waals surface area contributed by atoms with E-state index in [1.807, 2.05) is 13.0 Å². The Bertz CT molecular complexity index is 350. The van der Waals surface area contributed by atoms with Crippen LogP contribution < -0.4 is 5.32 Å². The number of aryl methyl sites for hydroxylation is 1. The molecule has 2 rings (SSSR count). The highest BCUT2D eigenvalue weighted by Gasteiger charge is 2.26. The number of carbonyl (C=O) groups is 1. The van der Waals surface area contributed by atoms with Gasteiger partial charge in [-0.1, -0.05) is 5.16 Å². The molecule has 5 heteroatoms. The van der Waals surface area contributed by atoms with Gasteiger partial charge < -0.3 is 14.7 Å². The van der Waals surface area contributed by atoms with Gasteiger partial charge in [-0.3, -0.25) is 4.79 Å². The Balaban J connectivity index is 2.12. The number of amides is 1. The molecule has 0 radical (unpaired) electrons. The summed E-state index contributed by atoms with van der Waals surface area (Å²) in [5, 5.41) is 7.35. The lowest BCUT2D eigenvalue weighted by molar-refractivity contribution is -0.119. The second kappa shape index (κ2) is 4.02. The van der Waals surface area contributed by atoms with Crippen LogP contribution in [0.15, 0.2) is 10.6 Å². The number of hydrogen-bond donors (Lipinski definition) is 1. The highest BCUT2D eigenvalue weighted by Crippen LogP contribution is 2.18. The summed E-state index contributed by atoms with van der Waals surface area (Å²) in [4.78, 5) is 12.5. The van der Waals surface area contributed by atoms with E-state index in [0.717, 1.165) is 24.4 Å². The third-order valence-corrected chi connectivity index (χ3v) is 2.56. The highest BCUT2D eigenvalue weighted by molar-refractivity contribution is 5.47. The fourth-order valence-electron chi connectivity index (χ4n) is 1.92. The van der Waals surface area contributed by atoms with Gasteiger partial charge in [0.2, 0.25) is 6.41 Å². The Morgan fingerprint density at radius 3 is 3.07 bits per heavy atom. The molecule has 0 bridgehead atoms. The Hall–Kier alpha value is -1.36. The van der Waals surface area contributed by atoms with Gasteiger partial charge in [0.25, 0.3) is 0 Å². The van der Waals surface area contributed by atoms with Gasteiger partial charge in [-0.05, 0) is 13.8 Å². The third-order valence-electron chi connectivity index (χ3n) is 2.56. The Morgan fingerprint density at radius 2 is 2.47 bits per heavy atom. The van der Waals surface area contributed by atoms with Crippen molar-refractivity contribution in [1.82, 2.24) is 15.4 Å². The number of carbonyl (C=O) groups excluding carboxylic acids is 1. The zero-order chi connectivity index (χ0) is 10.8. The van der Waals surface area contributed by atoms with Gasteiger partial charge in [0.05, 0.1) is 6.04 Å². The molecule has 1 aromatic rings. The van der Waals surface area contributed by atoms with Gasteiger partial charge in [0.1, 0.15) is 11.5 Å². The topological polar surface area (TPSA) is 58.4 Å². The molecule has 0 aromatic carbocycles. The Morgan fingerprint density at radius 1 is 1.67 bits per heavy atom. The van der Waals surface area contributed by atoms with Gasteiger partial charge in [-0.2, -0.15) is 0 Å². The third kappa shape index (κ3) is 2.18. The van der Waals surface area contributed by atoms with Gasteiger partial charge >= 0.3 is 0 Å². The largest absolute Gasteiger partial charge is 0.361 e. The second-order valence-electron chi connectivity index (χ2n) is 4.04. The first kappa shape index (κ1) is 10.2. The first-order valence-electron chi connectivity index (χ1n) is 5.07. The maximum absolute atomic E-state index is 10.7. The van der Waals surface area contributed by atoms with Crippen LogP contribution in [0.5, 0.6) is 0 Å². The van der Waals surface area contributed by atoms with Crippen molar-refractivity contribution < 1.29 is 9.32 Å². The van der Waals surface area contributed by atoms with E-state index in [1.165, 1.54) is 0 Å². The molecule has 1 aliphatic rings. The van der Waals surface area contributed by atoms with Crippen molar-refractivity contribution in [3.8, 4) is 0 Å². The quantitative estimate of drug-likeness (QED) is 0.719. The average molecular weight is 209 g/mol. The molecule has 82 valence electrons. The molecule has 1 N–H and O–H groups in total. The molecule has 1 aliphatic heterocycles. The minimum Gasteiger partial charge on any atom is -0.361 e. The first-order valence-corrected chi connectivity index (χ1v) is 5.07. The predicted molar refractivity (Wildman–Crippen MR) is 54.2 cm³/mol. The van der Waals surface area contributed by atoms with Gasteiger partial charge in [-0.25, -0.2) is 0 Å². The monoisotopic (exact) mass is 209 g/mol. The van der Waals surface area contributed by atoms with Crippen LogP contribution in [0.4, 0.5) is 0 Å². The molecule has 1 fully saturated rings. The van der Waals surface area contributed by atoms with Crippen LogP contribution >= 0.6 is 0 Å². The Labute approximate surface area is 88.4 Å². The van der Waals surface area contributed by atoms with Gasteiger partial charge in [0, 0.05) is 25.2 Å². The van der Waals surface area contributed by atoms with Crippen molar-refractivity contribution in [2.75, 3.05) is 13.1 Å². The fraction of sp³-hybridized carbons (Fsp3) is 0.600. The van der Waals surface area contributed by atoms with E-state index in [-0.39, 0.29) is 12.1 Å². The molecule has 0 saturated carbocycles. The molecule has 2 heterocycles. The number of piperazine rings is 1. The van der Waals surface area contributed by atoms with Crippen molar-refractivity contribution in [2.45, 2.75) is 25.9 Å². The summed E-state index contributed by atoms with van der Waals surface area (Å²) in [6.07, 6.45) is 0.886. The summed E-state index contributed by atoms with van der Waals surface area (Å²) in [5.74, 6) is 0.794. The summed E-state index contributed by atoms with van der Waals surface area (Å²) in [6.45, 7) is 5.31. The van der Waals surface area contributed by atoms with Crippen molar-refractivity contribution in [3.63, 3.8) is 0 Å². The van der Waals surface area contributed by atoms with Crippen molar-refractivity contribution in [2.24, 2.45) is 0 Å². The molecule has 2 unspecified atom stereocenters. The molecular formula is C10H15N3O2. The number of rotatable bonds is 2. The number of hydrogen-bond acceptors (Lipinski definition) is 4. The van der Waals surface area contributed by atoms with Crippen molar-refractivity contribution in [1.29, 1.82) is 0 Å². The SMILES string of the molecule is Cc1cc(C2CN(C=O)CC(C)N2)no1. The van der Waals surface area contributed by atoms with E-state index in [0.29, 0.717) is 6.54 Å². The summed E-state index contributed by atoms with van der Waals surface area (Å²) in [6, 6.07) is 2.26. The predicted octanol–water partition coefficient (Wildman–Crippen LogP) is 0.474. The minimum absolute atomic E-state index is 0.0800. The van der Waals surface area contributed by atoms with Crippen LogP contribution in [0, 0.1) is 6.92 Å². The molecular weight excluding hydrogens is 194 g/mol. The fourth-order valence-corrected chi connectivity index (χ4v) is 1.92. The molecule has 2 atom stereocenters. The van der Waals surface area contributed by atoms with E-state index in [4.69, 9.17) is 4.52 Å². The number of nitrogens with zero attached hydrogens (tertiary/aromatic N) is 2. The molecule has 1 saturated heterocycles. The number of aromatic nitrogens is 1. The highest BCUT2D eigenvalue weighted by atomic mass is 16.5. The standard InChI is InChI=1S/C10H15N3O2/c1-7-4-13(6-14)5-10(11-7)9-3-8(2)15-12-9/h3,6-7,10-11H,4-5H2,1-2H3. The van der Waals surface area contributed by atoms with Crippen molar-refractivity contribution in [3.05, 3.63) is 17.5 Å². The van der Waals surface area contributed by atoms with Crippen LogP contribution in [-0.4, -0.2) is 35.6 Å². The van der Waals surface area contributed by atoms with E-state index in [2.05, 4.69) is 17.4 Å². The van der Waals surface area contributed by atoms with Crippen LogP contribution in [-0.2, 0) is 4.79 Å². The molecule has 1 aromatic heterocycles. The minimum atomic E-state index is 0.0800. The lowest BCUT2D eigenvalue weighted by Crippen LogP contribution is -2.50. The maximum Gasteiger partial charge on any atom is 0.209 e. The van der Waals surface area contributed by atoms with E-state index in [1.54, 1.807) is 4.90 Å². The van der Waals surface area contributed by atoms with Gasteiger partial charge in [-0.15, -0.1) is 0 Å². The molecule has 0 spiro atoms. The van der Waals surface area contributed by atoms with Crippen molar-refractivity contribution >= 4 is 6.41 Å². The molecule has 5 nitrogen and oxygen atoms in total. The maximum atomic E-state index is 10.7. The zero-order valence-electron chi connectivity index (χ0n) is 8.93. The van der Waals surface area contributed by atoms with Gasteiger partial charge in [0.15, 0.2) is 0 Å². The Kier molecular flexibility index (Phi) is 2.73. The molecule has 0 aliphatic carbocycles. The molecule has 1 amide bonds. The summed E-state index contributed by atoms with van der Waals surface area (Å²) in [7, 11) is 0. The van der Waals surface area contributed by atoms with Crippen LogP contribution in [0.25, 0.3) is 0 Å². The van der Waals surface area contributed by atoms with E-state index < -0.39 is 0 Å². The summed E-state index contributed by atoms with van der Waals surface area (Å²) in [5.41, 5.74) is 0.867. The van der Waals surface area contributed by atoms with E-state index in [9.17, 15) is 4.79 Å². The molecule has 15 heavy (non-hydrogen) atoms. The average Bonchev–Trinajstić information content (AvgIpc) is 2.64. The summed E-state index contributed by atoms with van der Waals surface area (Å²) >= 11 is 0. The summed E-state index contributed by atoms with van der Waals surface area (Å²) < 4.78 is 5.02. The second-order valence-corrected chi connectivity index (χ2v) is 4.04. The first-order chi connectivity index (χ1) is 7.19. The lowest BCUT2D eigenvalue weighted by atomic mass is 10.1. The zero-order valence-corrected chi connectivity index (χ0v) is 8.93. The van der Waals surface area contributed by atoms with Crippen LogP contribution in [0.1, 0.15) is 24.4 Å². The van der Waals surface area contributed by atoms with E-state index >= 15 is 0 Å². The normalized spacial score (nSPS) is 26.7.